The summed E-state index contributed by atoms with van der Waals surface area (Å²) in [6.07, 6.45) is 0.654. The summed E-state index contributed by atoms with van der Waals surface area (Å²) in [5.74, 6) is 0. The maximum absolute atomic E-state index is 12.8. The Hall–Kier alpha value is -2.33. The molecule has 4 nitrogen and oxygen atoms in total. The van der Waals surface area contributed by atoms with Crippen LogP contribution in [0.1, 0.15) is 31.9 Å². The van der Waals surface area contributed by atoms with Crippen LogP contribution in [0.5, 0.6) is 0 Å². The Morgan fingerprint density at radius 2 is 1.77 bits per heavy atom. The second-order valence-corrected chi connectivity index (χ2v) is 7.98. The zero-order valence-electron chi connectivity index (χ0n) is 16.1. The third kappa shape index (κ3) is 4.44. The molecule has 0 N–H and O–H groups in total. The Labute approximate surface area is 156 Å². The molecule has 2 aromatic rings. The number of likely N-dealkylation sites (N-methyl/N-ethyl adjacent to an activating group) is 1. The van der Waals surface area contributed by atoms with Gasteiger partial charge in [0.2, 0.25) is 0 Å². The van der Waals surface area contributed by atoms with Crippen LogP contribution < -0.4 is 4.90 Å². The minimum absolute atomic E-state index is 0.248. The lowest BCUT2D eigenvalue weighted by atomic mass is 9.97. The monoisotopic (exact) mass is 352 g/mol. The normalized spacial score (nSPS) is 17.1. The predicted octanol–water partition coefficient (Wildman–Crippen LogP) is 4.48. The number of rotatable bonds is 3. The topological polar surface area (TPSA) is 32.8 Å². The summed E-state index contributed by atoms with van der Waals surface area (Å²) in [5, 5.41) is 0. The van der Waals surface area contributed by atoms with Gasteiger partial charge in [0.15, 0.2) is 0 Å². The van der Waals surface area contributed by atoms with E-state index in [1.807, 2.05) is 45.0 Å². The molecule has 3 rings (SSSR count). The standard InChI is InChI=1S/C22H28N2O2/c1-22(2,3)26-21(25)24-16-19(14-18-12-8-9-13-20(18)24)23(4)15-17-10-6-5-7-11-17/h5-13,19H,14-16H2,1-4H3/t19-/m0/s1. The second kappa shape index (κ2) is 7.50. The highest BCUT2D eigenvalue weighted by Crippen LogP contribution is 2.30. The van der Waals surface area contributed by atoms with Gasteiger partial charge in [-0.15, -0.1) is 0 Å². The Morgan fingerprint density at radius 1 is 1.12 bits per heavy atom. The van der Waals surface area contributed by atoms with Gasteiger partial charge in [-0.05, 0) is 51.4 Å². The molecule has 0 saturated heterocycles. The second-order valence-electron chi connectivity index (χ2n) is 7.98. The molecule has 0 spiro atoms. The van der Waals surface area contributed by atoms with E-state index >= 15 is 0 Å². The van der Waals surface area contributed by atoms with Crippen molar-refractivity contribution in [2.75, 3.05) is 18.5 Å². The SMILES string of the molecule is CN(Cc1ccccc1)[C@H]1Cc2ccccc2N(C(=O)OC(C)(C)C)C1. The summed E-state index contributed by atoms with van der Waals surface area (Å²) >= 11 is 0. The van der Waals surface area contributed by atoms with Crippen molar-refractivity contribution >= 4 is 11.8 Å². The minimum Gasteiger partial charge on any atom is -0.443 e. The van der Waals surface area contributed by atoms with E-state index < -0.39 is 5.60 Å². The van der Waals surface area contributed by atoms with Gasteiger partial charge in [0.1, 0.15) is 5.60 Å². The Balaban J connectivity index is 1.81. The quantitative estimate of drug-likeness (QED) is 0.816. The summed E-state index contributed by atoms with van der Waals surface area (Å²) < 4.78 is 5.65. The van der Waals surface area contributed by atoms with E-state index in [2.05, 4.69) is 42.3 Å². The zero-order valence-corrected chi connectivity index (χ0v) is 16.1. The molecule has 0 bridgehead atoms. The van der Waals surface area contributed by atoms with Gasteiger partial charge in [-0.1, -0.05) is 48.5 Å². The third-order valence-corrected chi connectivity index (χ3v) is 4.64. The summed E-state index contributed by atoms with van der Waals surface area (Å²) in [6, 6.07) is 18.8. The van der Waals surface area contributed by atoms with Crippen LogP contribution in [0.25, 0.3) is 0 Å². The Kier molecular flexibility index (Phi) is 5.33. The van der Waals surface area contributed by atoms with Crippen LogP contribution in [-0.4, -0.2) is 36.2 Å². The van der Waals surface area contributed by atoms with Gasteiger partial charge in [-0.3, -0.25) is 9.80 Å². The molecule has 0 fully saturated rings. The van der Waals surface area contributed by atoms with E-state index in [9.17, 15) is 4.79 Å². The van der Waals surface area contributed by atoms with Gasteiger partial charge in [0.25, 0.3) is 0 Å². The largest absolute Gasteiger partial charge is 0.443 e. The number of fused-ring (bicyclic) bond motifs is 1. The first kappa shape index (κ1) is 18.5. The minimum atomic E-state index is -0.505. The Bertz CT molecular complexity index is 752. The summed E-state index contributed by atoms with van der Waals surface area (Å²) in [7, 11) is 2.12. The number of carbonyl (C=O) groups is 1. The third-order valence-electron chi connectivity index (χ3n) is 4.64. The molecule has 138 valence electrons. The average molecular weight is 352 g/mol. The number of amides is 1. The van der Waals surface area contributed by atoms with Crippen molar-refractivity contribution in [3.63, 3.8) is 0 Å². The van der Waals surface area contributed by atoms with Crippen LogP contribution >= 0.6 is 0 Å². The van der Waals surface area contributed by atoms with Crippen molar-refractivity contribution in [2.24, 2.45) is 0 Å². The fraction of sp³-hybridized carbons (Fsp3) is 0.409. The molecular weight excluding hydrogens is 324 g/mol. The number of hydrogen-bond donors (Lipinski definition) is 0. The first-order chi connectivity index (χ1) is 12.3. The highest BCUT2D eigenvalue weighted by Gasteiger charge is 2.32. The maximum Gasteiger partial charge on any atom is 0.414 e. The number of nitrogens with zero attached hydrogens (tertiary/aromatic N) is 2. The highest BCUT2D eigenvalue weighted by atomic mass is 16.6. The maximum atomic E-state index is 12.8. The van der Waals surface area contributed by atoms with Crippen molar-refractivity contribution in [1.82, 2.24) is 4.90 Å². The number of hydrogen-bond acceptors (Lipinski definition) is 3. The molecule has 1 amide bonds. The van der Waals surface area contributed by atoms with Crippen LogP contribution in [-0.2, 0) is 17.7 Å². The van der Waals surface area contributed by atoms with E-state index in [0.717, 1.165) is 18.7 Å². The predicted molar refractivity (Wildman–Crippen MR) is 105 cm³/mol. The van der Waals surface area contributed by atoms with Crippen LogP contribution in [0.2, 0.25) is 0 Å². The molecule has 1 aliphatic rings. The van der Waals surface area contributed by atoms with Crippen molar-refractivity contribution in [2.45, 2.75) is 45.4 Å². The van der Waals surface area contributed by atoms with E-state index in [4.69, 9.17) is 4.74 Å². The molecule has 1 heterocycles. The number of para-hydroxylation sites is 1. The van der Waals surface area contributed by atoms with Crippen molar-refractivity contribution in [3.05, 3.63) is 65.7 Å². The molecule has 0 aliphatic carbocycles. The molecular formula is C22H28N2O2. The molecule has 2 aromatic carbocycles. The fourth-order valence-corrected chi connectivity index (χ4v) is 3.36. The zero-order chi connectivity index (χ0) is 18.7. The number of carbonyl (C=O) groups excluding carboxylic acids is 1. The molecule has 0 unspecified atom stereocenters. The van der Waals surface area contributed by atoms with Crippen LogP contribution in [0, 0.1) is 0 Å². The van der Waals surface area contributed by atoms with Crippen molar-refractivity contribution < 1.29 is 9.53 Å². The average Bonchev–Trinajstić information content (AvgIpc) is 2.60. The molecule has 0 saturated carbocycles. The molecule has 1 aliphatic heterocycles. The molecule has 26 heavy (non-hydrogen) atoms. The number of anilines is 1. The molecule has 0 radical (unpaired) electrons. The lowest BCUT2D eigenvalue weighted by Gasteiger charge is -2.39. The van der Waals surface area contributed by atoms with E-state index in [0.29, 0.717) is 6.54 Å². The summed E-state index contributed by atoms with van der Waals surface area (Å²) in [4.78, 5) is 16.9. The Morgan fingerprint density at radius 3 is 2.46 bits per heavy atom. The van der Waals surface area contributed by atoms with Crippen molar-refractivity contribution in [1.29, 1.82) is 0 Å². The molecule has 1 atom stereocenters. The summed E-state index contributed by atoms with van der Waals surface area (Å²) in [6.45, 7) is 7.20. The highest BCUT2D eigenvalue weighted by molar-refractivity contribution is 5.89. The van der Waals surface area contributed by atoms with Crippen LogP contribution in [0.3, 0.4) is 0 Å². The first-order valence-electron chi connectivity index (χ1n) is 9.16. The summed E-state index contributed by atoms with van der Waals surface area (Å²) in [5.41, 5.74) is 2.92. The van der Waals surface area contributed by atoms with E-state index in [1.54, 1.807) is 4.90 Å². The van der Waals surface area contributed by atoms with Crippen molar-refractivity contribution in [3.8, 4) is 0 Å². The van der Waals surface area contributed by atoms with Gasteiger partial charge in [0.05, 0.1) is 5.69 Å². The van der Waals surface area contributed by atoms with E-state index in [-0.39, 0.29) is 12.1 Å². The number of benzene rings is 2. The molecule has 4 heteroatoms. The lowest BCUT2D eigenvalue weighted by Crippen LogP contribution is -2.50. The fourth-order valence-electron chi connectivity index (χ4n) is 3.36. The first-order valence-corrected chi connectivity index (χ1v) is 9.16. The number of ether oxygens (including phenoxy) is 1. The lowest BCUT2D eigenvalue weighted by molar-refractivity contribution is 0.0563. The van der Waals surface area contributed by atoms with Gasteiger partial charge in [0, 0.05) is 19.1 Å². The smallest absolute Gasteiger partial charge is 0.414 e. The van der Waals surface area contributed by atoms with E-state index in [1.165, 1.54) is 11.1 Å². The van der Waals surface area contributed by atoms with Crippen LogP contribution in [0.15, 0.2) is 54.6 Å². The van der Waals surface area contributed by atoms with Gasteiger partial charge >= 0.3 is 6.09 Å². The van der Waals surface area contributed by atoms with Gasteiger partial charge in [-0.2, -0.15) is 0 Å². The molecule has 0 aromatic heterocycles. The van der Waals surface area contributed by atoms with Crippen LogP contribution in [0.4, 0.5) is 10.5 Å². The van der Waals surface area contributed by atoms with Gasteiger partial charge < -0.3 is 4.74 Å². The van der Waals surface area contributed by atoms with Gasteiger partial charge in [-0.25, -0.2) is 4.79 Å².